The van der Waals surface area contributed by atoms with Gasteiger partial charge in [-0.15, -0.1) is 11.8 Å². The maximum Gasteiger partial charge on any atom is 0.264 e. The first kappa shape index (κ1) is 33.8. The van der Waals surface area contributed by atoms with Crippen molar-refractivity contribution in [1.29, 1.82) is 0 Å². The summed E-state index contributed by atoms with van der Waals surface area (Å²) < 4.78 is 40.2. The summed E-state index contributed by atoms with van der Waals surface area (Å²) in [6.45, 7) is 6.14. The van der Waals surface area contributed by atoms with E-state index in [1.807, 2.05) is 39.2 Å². The van der Waals surface area contributed by atoms with Crippen molar-refractivity contribution in [2.75, 3.05) is 37.4 Å². The summed E-state index contributed by atoms with van der Waals surface area (Å²) in [4.78, 5) is 29.9. The third kappa shape index (κ3) is 8.90. The molecule has 0 aromatic heterocycles. The Bertz CT molecular complexity index is 1450. The Morgan fingerprint density at radius 1 is 0.953 bits per heavy atom. The standard InChI is InChI=1S/C32H41N3O6S2/c1-6-20-33-32(37)30(7-2)34(22-24-10-9-11-27(21-24)40-4)31(36)23-35(25-12-14-26(15-13-25)41-8-3)43(38,39)29-18-16-28(42-5)17-19-29/h9-19,21,30H,6-8,20,22-23H2,1-5H3,(H,33,37)/t30-/m0/s1. The summed E-state index contributed by atoms with van der Waals surface area (Å²) in [6.07, 6.45) is 2.99. The summed E-state index contributed by atoms with van der Waals surface area (Å²) in [5, 5.41) is 2.89. The average Bonchev–Trinajstić information content (AvgIpc) is 3.03. The minimum Gasteiger partial charge on any atom is -0.497 e. The molecular formula is C32H41N3O6S2. The van der Waals surface area contributed by atoms with Gasteiger partial charge in [0.15, 0.2) is 0 Å². The lowest BCUT2D eigenvalue weighted by molar-refractivity contribution is -0.140. The molecule has 3 aromatic carbocycles. The van der Waals surface area contributed by atoms with Crippen molar-refractivity contribution in [1.82, 2.24) is 10.2 Å². The number of sulfonamides is 1. The second kappa shape index (κ2) is 16.2. The predicted molar refractivity (Wildman–Crippen MR) is 171 cm³/mol. The minimum atomic E-state index is -4.17. The number of methoxy groups -OCH3 is 1. The lowest BCUT2D eigenvalue weighted by atomic mass is 10.1. The van der Waals surface area contributed by atoms with Crippen LogP contribution in [0.1, 0.15) is 39.2 Å². The van der Waals surface area contributed by atoms with E-state index in [1.54, 1.807) is 55.6 Å². The van der Waals surface area contributed by atoms with Gasteiger partial charge in [-0.25, -0.2) is 8.42 Å². The van der Waals surface area contributed by atoms with E-state index in [-0.39, 0.29) is 17.3 Å². The van der Waals surface area contributed by atoms with Crippen LogP contribution < -0.4 is 19.1 Å². The zero-order valence-electron chi connectivity index (χ0n) is 25.4. The SMILES string of the molecule is CCCNC(=O)[C@H](CC)N(Cc1cccc(OC)c1)C(=O)CN(c1ccc(OCC)cc1)S(=O)(=O)c1ccc(SC)cc1. The van der Waals surface area contributed by atoms with Crippen molar-refractivity contribution >= 4 is 39.3 Å². The third-order valence-electron chi connectivity index (χ3n) is 6.78. The van der Waals surface area contributed by atoms with E-state index in [2.05, 4.69) is 5.32 Å². The summed E-state index contributed by atoms with van der Waals surface area (Å²) in [5.41, 5.74) is 1.05. The molecule has 0 aliphatic carbocycles. The van der Waals surface area contributed by atoms with E-state index in [9.17, 15) is 18.0 Å². The van der Waals surface area contributed by atoms with Crippen molar-refractivity contribution in [3.8, 4) is 11.5 Å². The van der Waals surface area contributed by atoms with E-state index < -0.39 is 28.5 Å². The van der Waals surface area contributed by atoms with E-state index in [1.165, 1.54) is 28.8 Å². The number of thioether (sulfide) groups is 1. The fraction of sp³-hybridized carbons (Fsp3) is 0.375. The number of amides is 2. The van der Waals surface area contributed by atoms with Crippen LogP contribution in [0.4, 0.5) is 5.69 Å². The zero-order valence-corrected chi connectivity index (χ0v) is 27.0. The smallest absolute Gasteiger partial charge is 0.264 e. The number of carbonyl (C=O) groups is 2. The zero-order chi connectivity index (χ0) is 31.4. The molecule has 1 atom stereocenters. The number of nitrogens with one attached hydrogen (secondary N) is 1. The van der Waals surface area contributed by atoms with Gasteiger partial charge in [0, 0.05) is 18.0 Å². The van der Waals surface area contributed by atoms with E-state index in [4.69, 9.17) is 9.47 Å². The summed E-state index contributed by atoms with van der Waals surface area (Å²) in [5.74, 6) is 0.390. The van der Waals surface area contributed by atoms with E-state index in [0.29, 0.717) is 36.8 Å². The van der Waals surface area contributed by atoms with Gasteiger partial charge in [0.05, 0.1) is 24.3 Å². The first-order valence-electron chi connectivity index (χ1n) is 14.3. The lowest BCUT2D eigenvalue weighted by Gasteiger charge is -2.33. The molecule has 0 heterocycles. The maximum atomic E-state index is 14.2. The highest BCUT2D eigenvalue weighted by Gasteiger charge is 2.33. The van der Waals surface area contributed by atoms with Crippen molar-refractivity contribution in [2.45, 2.75) is 56.0 Å². The van der Waals surface area contributed by atoms with Gasteiger partial charge in [0.2, 0.25) is 11.8 Å². The number of benzene rings is 3. The molecular weight excluding hydrogens is 587 g/mol. The van der Waals surface area contributed by atoms with E-state index in [0.717, 1.165) is 21.2 Å². The predicted octanol–water partition coefficient (Wildman–Crippen LogP) is 5.34. The van der Waals surface area contributed by atoms with Gasteiger partial charge in [0.25, 0.3) is 10.0 Å². The van der Waals surface area contributed by atoms with Gasteiger partial charge < -0.3 is 19.7 Å². The molecule has 0 aliphatic heterocycles. The molecule has 3 aromatic rings. The van der Waals surface area contributed by atoms with Crippen molar-refractivity contribution < 1.29 is 27.5 Å². The molecule has 43 heavy (non-hydrogen) atoms. The number of carbonyl (C=O) groups excluding carboxylic acids is 2. The van der Waals surface area contributed by atoms with Crippen molar-refractivity contribution in [3.05, 3.63) is 78.4 Å². The Morgan fingerprint density at radius 3 is 2.23 bits per heavy atom. The minimum absolute atomic E-state index is 0.0547. The van der Waals surface area contributed by atoms with Crippen LogP contribution in [0.3, 0.4) is 0 Å². The molecule has 0 saturated heterocycles. The highest BCUT2D eigenvalue weighted by molar-refractivity contribution is 7.98. The molecule has 11 heteroatoms. The molecule has 0 aliphatic rings. The van der Waals surface area contributed by atoms with Crippen LogP contribution >= 0.6 is 11.8 Å². The fourth-order valence-corrected chi connectivity index (χ4v) is 6.35. The number of ether oxygens (including phenoxy) is 2. The van der Waals surface area contributed by atoms with Gasteiger partial charge in [0.1, 0.15) is 24.1 Å². The highest BCUT2D eigenvalue weighted by atomic mass is 32.2. The topological polar surface area (TPSA) is 105 Å². The molecule has 3 rings (SSSR count). The molecule has 0 unspecified atom stereocenters. The monoisotopic (exact) mass is 627 g/mol. The molecule has 9 nitrogen and oxygen atoms in total. The van der Waals surface area contributed by atoms with Crippen LogP contribution in [-0.2, 0) is 26.2 Å². The first-order chi connectivity index (χ1) is 20.7. The largest absolute Gasteiger partial charge is 0.497 e. The molecule has 0 bridgehead atoms. The number of anilines is 1. The second-order valence-corrected chi connectivity index (χ2v) is 12.4. The van der Waals surface area contributed by atoms with E-state index >= 15 is 0 Å². The molecule has 0 radical (unpaired) electrons. The fourth-order valence-electron chi connectivity index (χ4n) is 4.53. The highest BCUT2D eigenvalue weighted by Crippen LogP contribution is 2.28. The number of rotatable bonds is 16. The van der Waals surface area contributed by atoms with Crippen LogP contribution in [0.2, 0.25) is 0 Å². The Labute approximate surface area is 259 Å². The summed E-state index contributed by atoms with van der Waals surface area (Å²) >= 11 is 1.50. The van der Waals surface area contributed by atoms with Crippen molar-refractivity contribution in [3.63, 3.8) is 0 Å². The van der Waals surface area contributed by atoms with Crippen LogP contribution in [0.25, 0.3) is 0 Å². The van der Waals surface area contributed by atoms with Crippen LogP contribution in [0.5, 0.6) is 11.5 Å². The molecule has 2 amide bonds. The number of nitrogens with zero attached hydrogens (tertiary/aromatic N) is 2. The van der Waals surface area contributed by atoms with Gasteiger partial charge in [-0.05, 0) is 92.2 Å². The van der Waals surface area contributed by atoms with Crippen LogP contribution in [-0.4, -0.2) is 64.2 Å². The molecule has 0 fully saturated rings. The Balaban J connectivity index is 2.06. The Kier molecular flexibility index (Phi) is 12.8. The van der Waals surface area contributed by atoms with Gasteiger partial charge in [-0.2, -0.15) is 0 Å². The van der Waals surface area contributed by atoms with Gasteiger partial charge in [-0.1, -0.05) is 26.0 Å². The van der Waals surface area contributed by atoms with Crippen LogP contribution in [0.15, 0.2) is 82.6 Å². The summed E-state index contributed by atoms with van der Waals surface area (Å²) in [6, 6.07) is 19.5. The second-order valence-electron chi connectivity index (χ2n) is 9.70. The van der Waals surface area contributed by atoms with Crippen molar-refractivity contribution in [2.24, 2.45) is 0 Å². The third-order valence-corrected chi connectivity index (χ3v) is 9.32. The number of hydrogen-bond donors (Lipinski definition) is 1. The molecule has 232 valence electrons. The quantitative estimate of drug-likeness (QED) is 0.214. The Morgan fingerprint density at radius 2 is 1.65 bits per heavy atom. The normalized spacial score (nSPS) is 11.8. The summed E-state index contributed by atoms with van der Waals surface area (Å²) in [7, 11) is -2.61. The first-order valence-corrected chi connectivity index (χ1v) is 16.9. The molecule has 1 N–H and O–H groups in total. The lowest BCUT2D eigenvalue weighted by Crippen LogP contribution is -2.52. The van der Waals surface area contributed by atoms with Gasteiger partial charge in [-0.3, -0.25) is 13.9 Å². The molecule has 0 spiro atoms. The Hall–Kier alpha value is -3.70. The number of hydrogen-bond acceptors (Lipinski definition) is 7. The average molecular weight is 628 g/mol. The maximum absolute atomic E-state index is 14.2. The molecule has 0 saturated carbocycles. The van der Waals surface area contributed by atoms with Crippen LogP contribution in [0, 0.1) is 0 Å². The van der Waals surface area contributed by atoms with Gasteiger partial charge >= 0.3 is 0 Å².